The van der Waals surface area contributed by atoms with Gasteiger partial charge in [0.2, 0.25) is 11.7 Å². The summed E-state index contributed by atoms with van der Waals surface area (Å²) < 4.78 is 72.0. The number of carbonyl (C=O) groups excluding carboxylic acids is 1. The topological polar surface area (TPSA) is 58.4 Å². The minimum atomic E-state index is -2.25. The van der Waals surface area contributed by atoms with E-state index in [1.807, 2.05) is 12.1 Å². The van der Waals surface area contributed by atoms with Gasteiger partial charge in [-0.25, -0.2) is 26.3 Å². The summed E-state index contributed by atoms with van der Waals surface area (Å²) in [6, 6.07) is 6.67. The van der Waals surface area contributed by atoms with E-state index in [-0.39, 0.29) is 36.3 Å². The van der Waals surface area contributed by atoms with E-state index in [0.29, 0.717) is 11.6 Å². The first-order valence-electron chi connectivity index (χ1n) is 13.0. The van der Waals surface area contributed by atoms with E-state index in [9.17, 15) is 31.5 Å². The number of benzene rings is 1. The van der Waals surface area contributed by atoms with E-state index in [1.165, 1.54) is 45.3 Å². The lowest BCUT2D eigenvalue weighted by molar-refractivity contribution is -0.118. The minimum Gasteiger partial charge on any atom is -0.318 e. The van der Waals surface area contributed by atoms with Crippen LogP contribution in [0.4, 0.5) is 27.6 Å². The van der Waals surface area contributed by atoms with Gasteiger partial charge in [-0.2, -0.15) is 0 Å². The second kappa shape index (κ2) is 12.9. The predicted molar refractivity (Wildman–Crippen MR) is 142 cm³/mol. The van der Waals surface area contributed by atoms with Crippen LogP contribution in [0.5, 0.6) is 0 Å². The number of hydrogen-bond donors (Lipinski definition) is 0. The summed E-state index contributed by atoms with van der Waals surface area (Å²) in [7, 11) is 1.56. The first-order chi connectivity index (χ1) is 19.1. The van der Waals surface area contributed by atoms with Crippen molar-refractivity contribution in [3.63, 3.8) is 0 Å². The van der Waals surface area contributed by atoms with Crippen molar-refractivity contribution < 1.29 is 26.7 Å². The number of halogens is 5. The first kappa shape index (κ1) is 29.7. The maximum Gasteiger partial charge on any atom is 0.252 e. The third kappa shape index (κ3) is 6.55. The smallest absolute Gasteiger partial charge is 0.252 e. The zero-order chi connectivity index (χ0) is 29.0. The van der Waals surface area contributed by atoms with E-state index in [2.05, 4.69) is 4.98 Å². The number of carbonyl (C=O) groups is 1. The fourth-order valence-corrected chi connectivity index (χ4v) is 5.54. The van der Waals surface area contributed by atoms with Gasteiger partial charge in [-0.15, -0.1) is 0 Å². The molecule has 0 saturated heterocycles. The van der Waals surface area contributed by atoms with E-state index >= 15 is 0 Å². The van der Waals surface area contributed by atoms with Gasteiger partial charge in [0.05, 0.1) is 24.5 Å². The largest absolute Gasteiger partial charge is 0.318 e. The Morgan fingerprint density at radius 1 is 1.00 bits per heavy atom. The van der Waals surface area contributed by atoms with Gasteiger partial charge in [-0.3, -0.25) is 14.6 Å². The summed E-state index contributed by atoms with van der Waals surface area (Å²) in [4.78, 5) is 30.6. The highest BCUT2D eigenvalue weighted by atomic mass is 32.2. The summed E-state index contributed by atoms with van der Waals surface area (Å²) >= 11 is 0.257. The van der Waals surface area contributed by atoms with Gasteiger partial charge < -0.3 is 9.47 Å². The molecule has 12 heteroatoms. The molecule has 40 heavy (non-hydrogen) atoms. The van der Waals surface area contributed by atoms with Crippen LogP contribution in [0.1, 0.15) is 56.2 Å². The molecule has 0 aliphatic heterocycles. The number of hydrogen-bond acceptors (Lipinski definition) is 5. The van der Waals surface area contributed by atoms with Crippen molar-refractivity contribution in [2.24, 2.45) is 7.05 Å². The summed E-state index contributed by atoms with van der Waals surface area (Å²) in [5.41, 5.74) is 1.61. The van der Waals surface area contributed by atoms with Crippen molar-refractivity contribution in [1.29, 1.82) is 0 Å². The van der Waals surface area contributed by atoms with Crippen molar-refractivity contribution in [2.45, 2.75) is 56.4 Å². The molecule has 1 amide bonds. The van der Waals surface area contributed by atoms with Crippen LogP contribution in [0, 0.1) is 29.1 Å². The average molecular weight is 581 g/mol. The lowest BCUT2D eigenvalue weighted by Gasteiger charge is -2.27. The molecule has 214 valence electrons. The van der Waals surface area contributed by atoms with Crippen LogP contribution in [-0.2, 0) is 18.4 Å². The highest BCUT2D eigenvalue weighted by molar-refractivity contribution is 7.97. The minimum absolute atomic E-state index is 0.00168. The zero-order valence-electron chi connectivity index (χ0n) is 22.1. The van der Waals surface area contributed by atoms with Crippen LogP contribution in [0.25, 0.3) is 0 Å². The number of rotatable bonds is 9. The van der Waals surface area contributed by atoms with Crippen molar-refractivity contribution in [3.8, 4) is 0 Å². The fourth-order valence-electron chi connectivity index (χ4n) is 4.64. The summed E-state index contributed by atoms with van der Waals surface area (Å²) in [6.45, 7) is 1.16. The summed E-state index contributed by atoms with van der Waals surface area (Å²) in [5.74, 6) is -10.4. The molecule has 1 fully saturated rings. The molecule has 1 saturated carbocycles. The number of amides is 1. The Hall–Kier alpha value is -3.25. The van der Waals surface area contributed by atoms with Gasteiger partial charge in [-0.1, -0.05) is 32.3 Å². The highest BCUT2D eigenvalue weighted by Gasteiger charge is 2.29. The summed E-state index contributed by atoms with van der Waals surface area (Å²) in [5, 5.41) is 0. The molecule has 3 aromatic rings. The quantitative estimate of drug-likeness (QED) is 0.133. The fraction of sp³-hybridized carbons (Fsp3) is 0.393. The number of aromatic nitrogens is 2. The molecule has 2 heterocycles. The second-order valence-electron chi connectivity index (χ2n) is 9.68. The van der Waals surface area contributed by atoms with Crippen LogP contribution >= 0.6 is 11.9 Å². The van der Waals surface area contributed by atoms with Gasteiger partial charge in [0.1, 0.15) is 4.90 Å². The van der Waals surface area contributed by atoms with E-state index in [1.54, 1.807) is 26.2 Å². The number of nitrogens with zero attached hydrogens (tertiary/aromatic N) is 4. The van der Waals surface area contributed by atoms with Gasteiger partial charge in [0, 0.05) is 32.1 Å². The molecule has 1 aromatic carbocycles. The number of anilines is 1. The molecule has 0 unspecified atom stereocenters. The van der Waals surface area contributed by atoms with Crippen molar-refractivity contribution in [3.05, 3.63) is 87.4 Å². The van der Waals surface area contributed by atoms with Crippen molar-refractivity contribution in [1.82, 2.24) is 13.9 Å². The maximum atomic E-state index is 14.3. The molecular weight excluding hydrogens is 551 g/mol. The molecule has 4 rings (SSSR count). The van der Waals surface area contributed by atoms with Gasteiger partial charge in [0.25, 0.3) is 5.56 Å². The number of likely N-dealkylation sites (N-methyl/N-ethyl adjacent to an activating group) is 1. The average Bonchev–Trinajstić information content (AvgIpc) is 2.97. The van der Waals surface area contributed by atoms with E-state index in [4.69, 9.17) is 0 Å². The lowest BCUT2D eigenvalue weighted by atomic mass is 9.85. The van der Waals surface area contributed by atoms with Crippen LogP contribution < -0.4 is 10.5 Å². The van der Waals surface area contributed by atoms with Crippen molar-refractivity contribution in [2.75, 3.05) is 18.0 Å². The molecule has 1 aliphatic carbocycles. The zero-order valence-corrected chi connectivity index (χ0v) is 22.9. The lowest BCUT2D eigenvalue weighted by Crippen LogP contribution is -2.39. The number of pyridine rings is 2. The molecule has 0 atom stereocenters. The van der Waals surface area contributed by atoms with Crippen LogP contribution in [0.3, 0.4) is 0 Å². The molecule has 6 nitrogen and oxygen atoms in total. The van der Waals surface area contributed by atoms with Gasteiger partial charge in [0.15, 0.2) is 23.3 Å². The van der Waals surface area contributed by atoms with Crippen LogP contribution in [-0.4, -0.2) is 32.9 Å². The van der Waals surface area contributed by atoms with E-state index in [0.717, 1.165) is 18.4 Å². The van der Waals surface area contributed by atoms with Crippen molar-refractivity contribution >= 4 is 23.5 Å². The number of aryl methyl sites for hydroxylation is 1. The Balaban J connectivity index is 1.58. The predicted octanol–water partition coefficient (Wildman–Crippen LogP) is 6.09. The molecule has 0 radical (unpaired) electrons. The third-order valence-corrected chi connectivity index (χ3v) is 8.19. The molecule has 0 N–H and O–H groups in total. The maximum absolute atomic E-state index is 14.3. The van der Waals surface area contributed by atoms with Gasteiger partial charge >= 0.3 is 0 Å². The normalized spacial score (nSPS) is 14.1. The third-order valence-electron chi connectivity index (χ3n) is 7.00. The molecular formula is C28H29F5N4O2S. The molecule has 1 aliphatic rings. The Bertz CT molecular complexity index is 1400. The van der Waals surface area contributed by atoms with E-state index < -0.39 is 46.4 Å². The molecule has 0 bridgehead atoms. The van der Waals surface area contributed by atoms with Crippen LogP contribution in [0.2, 0.25) is 0 Å². The first-order valence-corrected chi connectivity index (χ1v) is 13.7. The SMILES string of the molecule is CCN(CC(=O)N(Cc1ccc(C2CCCCC2)cn1)c1ccn(C)c(=O)c1)Sc1c(F)c(F)c(F)c(F)c1F. The Labute approximate surface area is 232 Å². The van der Waals surface area contributed by atoms with Gasteiger partial charge in [-0.05, 0) is 48.4 Å². The standard InChI is InChI=1S/C28H29F5N4O2S/c1-3-36(40-28-26(32)24(30)23(29)25(31)27(28)33)16-22(39)37(20-11-12-35(2)21(38)13-20)15-19-10-9-18(14-34-19)17-7-5-4-6-8-17/h9-14,17H,3-8,15-16H2,1-2H3. The monoisotopic (exact) mass is 580 g/mol. The highest BCUT2D eigenvalue weighted by Crippen LogP contribution is 2.34. The molecule has 2 aromatic heterocycles. The Morgan fingerprint density at radius 3 is 2.23 bits per heavy atom. The Kier molecular flexibility index (Phi) is 9.62. The van der Waals surface area contributed by atoms with Crippen LogP contribution in [0.15, 0.2) is 46.3 Å². The molecule has 0 spiro atoms. The second-order valence-corrected chi connectivity index (χ2v) is 10.8. The summed E-state index contributed by atoms with van der Waals surface area (Å²) in [6.07, 6.45) is 9.09. The Morgan fingerprint density at radius 2 is 1.65 bits per heavy atom.